The van der Waals surface area contributed by atoms with Crippen molar-refractivity contribution in [1.29, 1.82) is 0 Å². The molecule has 0 saturated carbocycles. The average Bonchev–Trinajstić information content (AvgIpc) is 2.88. The molecule has 0 radical (unpaired) electrons. The van der Waals surface area contributed by atoms with E-state index in [4.69, 9.17) is 14.6 Å². The van der Waals surface area contributed by atoms with Gasteiger partial charge in [0.1, 0.15) is 11.4 Å². The lowest BCUT2D eigenvalue weighted by molar-refractivity contribution is 0.122. The maximum atomic E-state index is 13.7. The molecule has 1 aromatic heterocycles. The molecule has 7 nitrogen and oxygen atoms in total. The summed E-state index contributed by atoms with van der Waals surface area (Å²) < 4.78 is 12.4. The fourth-order valence-corrected chi connectivity index (χ4v) is 4.09. The zero-order valence-corrected chi connectivity index (χ0v) is 20.4. The van der Waals surface area contributed by atoms with Crippen molar-refractivity contribution in [1.82, 2.24) is 9.78 Å². The number of hydrogen-bond acceptors (Lipinski definition) is 6. The number of anilines is 2. The molecular weight excluding hydrogens is 428 g/mol. The third kappa shape index (κ3) is 4.70. The standard InChI is InChI=1S/C27H32N4O3/c1-6-29(4)26-18-24(20-8-7-9-22(16-20)33-5)28-31(27(26)32)25-17-21(10-11-23(25)19(2)3)30-12-14-34-15-13-30/h7-11,16-18H,2,6,12-15H2,1,3-5H3. The van der Waals surface area contributed by atoms with Crippen molar-refractivity contribution in [3.63, 3.8) is 0 Å². The Bertz CT molecular complexity index is 1240. The van der Waals surface area contributed by atoms with E-state index in [1.165, 1.54) is 4.68 Å². The summed E-state index contributed by atoms with van der Waals surface area (Å²) in [6.07, 6.45) is 0. The molecule has 2 heterocycles. The number of rotatable bonds is 7. The van der Waals surface area contributed by atoms with Gasteiger partial charge in [-0.1, -0.05) is 24.8 Å². The van der Waals surface area contributed by atoms with Crippen LogP contribution in [0.5, 0.6) is 5.75 Å². The van der Waals surface area contributed by atoms with Gasteiger partial charge < -0.3 is 19.3 Å². The van der Waals surface area contributed by atoms with Crippen LogP contribution in [0.3, 0.4) is 0 Å². The third-order valence-corrected chi connectivity index (χ3v) is 6.19. The minimum absolute atomic E-state index is 0.169. The van der Waals surface area contributed by atoms with E-state index in [-0.39, 0.29) is 5.56 Å². The second-order valence-corrected chi connectivity index (χ2v) is 8.46. The molecule has 0 spiro atoms. The summed E-state index contributed by atoms with van der Waals surface area (Å²) in [5.41, 5.74) is 5.50. The molecule has 0 bridgehead atoms. The normalized spacial score (nSPS) is 13.6. The van der Waals surface area contributed by atoms with Crippen molar-refractivity contribution in [3.05, 3.63) is 71.0 Å². The fourth-order valence-electron chi connectivity index (χ4n) is 4.09. The summed E-state index contributed by atoms with van der Waals surface area (Å²) in [4.78, 5) is 17.9. The van der Waals surface area contributed by atoms with E-state index in [1.54, 1.807) is 7.11 Å². The first-order valence-corrected chi connectivity index (χ1v) is 11.6. The highest BCUT2D eigenvalue weighted by Gasteiger charge is 2.19. The van der Waals surface area contributed by atoms with Gasteiger partial charge in [-0.05, 0) is 49.8 Å². The van der Waals surface area contributed by atoms with E-state index in [0.29, 0.717) is 31.1 Å². The summed E-state index contributed by atoms with van der Waals surface area (Å²) in [7, 11) is 3.56. The van der Waals surface area contributed by atoms with Gasteiger partial charge in [-0.3, -0.25) is 4.79 Å². The highest BCUT2D eigenvalue weighted by Crippen LogP contribution is 2.29. The largest absolute Gasteiger partial charge is 0.497 e. The van der Waals surface area contributed by atoms with Crippen molar-refractivity contribution >= 4 is 16.9 Å². The van der Waals surface area contributed by atoms with Crippen LogP contribution in [0.25, 0.3) is 22.5 Å². The molecular formula is C27H32N4O3. The van der Waals surface area contributed by atoms with Gasteiger partial charge in [0.05, 0.1) is 31.7 Å². The molecule has 1 fully saturated rings. The van der Waals surface area contributed by atoms with Crippen molar-refractivity contribution in [3.8, 4) is 22.7 Å². The van der Waals surface area contributed by atoms with Gasteiger partial charge in [-0.15, -0.1) is 0 Å². The summed E-state index contributed by atoms with van der Waals surface area (Å²) >= 11 is 0. The van der Waals surface area contributed by atoms with Crippen LogP contribution in [0, 0.1) is 0 Å². The van der Waals surface area contributed by atoms with Gasteiger partial charge in [0.25, 0.3) is 5.56 Å². The number of methoxy groups -OCH3 is 1. The molecule has 0 N–H and O–H groups in total. The van der Waals surface area contributed by atoms with Crippen LogP contribution in [0.15, 0.2) is 59.9 Å². The first-order valence-electron chi connectivity index (χ1n) is 11.6. The van der Waals surface area contributed by atoms with E-state index < -0.39 is 0 Å². The first kappa shape index (κ1) is 23.6. The van der Waals surface area contributed by atoms with Crippen molar-refractivity contribution < 1.29 is 9.47 Å². The SMILES string of the molecule is C=C(C)c1ccc(N2CCOCC2)cc1-n1nc(-c2cccc(OC)c2)cc(N(C)CC)c1=O. The maximum Gasteiger partial charge on any atom is 0.295 e. The molecule has 4 rings (SSSR count). The van der Waals surface area contributed by atoms with E-state index in [1.807, 2.05) is 68.3 Å². The van der Waals surface area contributed by atoms with E-state index in [2.05, 4.69) is 17.5 Å². The van der Waals surface area contributed by atoms with Crippen LogP contribution in [0.1, 0.15) is 19.4 Å². The van der Waals surface area contributed by atoms with Crippen LogP contribution in [0.4, 0.5) is 11.4 Å². The number of benzene rings is 2. The van der Waals surface area contributed by atoms with Gasteiger partial charge in [-0.2, -0.15) is 9.78 Å². The molecule has 0 unspecified atom stereocenters. The highest BCUT2D eigenvalue weighted by atomic mass is 16.5. The summed E-state index contributed by atoms with van der Waals surface area (Å²) in [6, 6.07) is 15.7. The number of aromatic nitrogens is 2. The lowest BCUT2D eigenvalue weighted by Gasteiger charge is -2.29. The molecule has 1 saturated heterocycles. The predicted octanol–water partition coefficient (Wildman–Crippen LogP) is 4.23. The Hall–Kier alpha value is -3.58. The fraction of sp³-hybridized carbons (Fsp3) is 0.333. The van der Waals surface area contributed by atoms with Crippen molar-refractivity contribution in [2.24, 2.45) is 0 Å². The zero-order valence-electron chi connectivity index (χ0n) is 20.4. The van der Waals surface area contributed by atoms with Gasteiger partial charge in [0, 0.05) is 43.5 Å². The highest BCUT2D eigenvalue weighted by molar-refractivity contribution is 5.74. The van der Waals surface area contributed by atoms with E-state index >= 15 is 0 Å². The van der Waals surface area contributed by atoms with Gasteiger partial charge in [0.15, 0.2) is 0 Å². The smallest absolute Gasteiger partial charge is 0.295 e. The number of hydrogen-bond donors (Lipinski definition) is 0. The van der Waals surface area contributed by atoms with Crippen LogP contribution >= 0.6 is 0 Å². The Morgan fingerprint density at radius 1 is 1.18 bits per heavy atom. The molecule has 7 heteroatoms. The first-order chi connectivity index (χ1) is 16.4. The predicted molar refractivity (Wildman–Crippen MR) is 139 cm³/mol. The quantitative estimate of drug-likeness (QED) is 0.526. The van der Waals surface area contributed by atoms with E-state index in [9.17, 15) is 4.79 Å². The number of ether oxygens (including phenoxy) is 2. The molecule has 178 valence electrons. The number of nitrogens with zero attached hydrogens (tertiary/aromatic N) is 4. The Morgan fingerprint density at radius 2 is 1.94 bits per heavy atom. The molecule has 0 aliphatic carbocycles. The van der Waals surface area contributed by atoms with Gasteiger partial charge >= 0.3 is 0 Å². The monoisotopic (exact) mass is 460 g/mol. The van der Waals surface area contributed by atoms with Crippen molar-refractivity contribution in [2.75, 3.05) is 56.8 Å². The molecule has 1 aliphatic heterocycles. The Balaban J connectivity index is 1.95. The maximum absolute atomic E-state index is 13.7. The molecule has 2 aromatic carbocycles. The van der Waals surface area contributed by atoms with Crippen LogP contribution in [0.2, 0.25) is 0 Å². The topological polar surface area (TPSA) is 59.8 Å². The van der Waals surface area contributed by atoms with Crippen molar-refractivity contribution in [2.45, 2.75) is 13.8 Å². The Morgan fingerprint density at radius 3 is 2.62 bits per heavy atom. The van der Waals surface area contributed by atoms with Crippen LogP contribution in [-0.4, -0.2) is 56.8 Å². The molecule has 0 atom stereocenters. The molecule has 1 aliphatic rings. The minimum atomic E-state index is -0.169. The average molecular weight is 461 g/mol. The second-order valence-electron chi connectivity index (χ2n) is 8.46. The van der Waals surface area contributed by atoms with Crippen LogP contribution in [-0.2, 0) is 4.74 Å². The zero-order chi connectivity index (χ0) is 24.2. The number of allylic oxidation sites excluding steroid dienone is 1. The summed E-state index contributed by atoms with van der Waals surface area (Å²) in [5.74, 6) is 0.736. The lowest BCUT2D eigenvalue weighted by atomic mass is 10.0. The molecule has 34 heavy (non-hydrogen) atoms. The molecule has 3 aromatic rings. The summed E-state index contributed by atoms with van der Waals surface area (Å²) in [5, 5.41) is 4.83. The lowest BCUT2D eigenvalue weighted by Crippen LogP contribution is -2.36. The summed E-state index contributed by atoms with van der Waals surface area (Å²) in [6.45, 7) is 11.8. The minimum Gasteiger partial charge on any atom is -0.497 e. The second kappa shape index (κ2) is 10.1. The Labute approximate surface area is 200 Å². The third-order valence-electron chi connectivity index (χ3n) is 6.19. The van der Waals surface area contributed by atoms with Gasteiger partial charge in [0.2, 0.25) is 0 Å². The Kier molecular flexibility index (Phi) is 7.03. The van der Waals surface area contributed by atoms with Crippen LogP contribution < -0.4 is 20.1 Å². The van der Waals surface area contributed by atoms with Gasteiger partial charge in [-0.25, -0.2) is 0 Å². The van der Waals surface area contributed by atoms with E-state index in [0.717, 1.165) is 46.9 Å². The molecule has 0 amide bonds. The number of morpholine rings is 1.